The number of halogens is 1. The van der Waals surface area contributed by atoms with Gasteiger partial charge in [0, 0.05) is 0 Å². The summed E-state index contributed by atoms with van der Waals surface area (Å²) >= 11 is 0. The number of hydrogen-bond acceptors (Lipinski definition) is 2. The molecule has 0 aliphatic heterocycles. The summed E-state index contributed by atoms with van der Waals surface area (Å²) in [5, 5.41) is 0. The van der Waals surface area contributed by atoms with Gasteiger partial charge in [-0.3, -0.25) is 4.79 Å². The molecular weight excluding hydrogens is 147 g/mol. The van der Waals surface area contributed by atoms with Gasteiger partial charge >= 0.3 is 5.97 Å². The van der Waals surface area contributed by atoms with E-state index in [0.29, 0.717) is 19.4 Å². The fourth-order valence-electron chi connectivity index (χ4n) is 1.26. The van der Waals surface area contributed by atoms with Crippen LogP contribution in [0.25, 0.3) is 0 Å². The van der Waals surface area contributed by atoms with Gasteiger partial charge in [0.2, 0.25) is 0 Å². The second kappa shape index (κ2) is 2.80. The standard InChI is InChI=1S/C8H13FO2/c1-3-8(5-6(8)9)7(10)11-4-2/h6H,3-5H2,1-2H3. The van der Waals surface area contributed by atoms with Crippen molar-refractivity contribution in [2.75, 3.05) is 6.61 Å². The van der Waals surface area contributed by atoms with Gasteiger partial charge in [0.15, 0.2) is 0 Å². The van der Waals surface area contributed by atoms with Crippen LogP contribution in [0.5, 0.6) is 0 Å². The molecule has 1 rings (SSSR count). The molecule has 0 N–H and O–H groups in total. The largest absolute Gasteiger partial charge is 0.465 e. The van der Waals surface area contributed by atoms with Crippen LogP contribution in [0.15, 0.2) is 0 Å². The number of esters is 1. The maximum Gasteiger partial charge on any atom is 0.315 e. The van der Waals surface area contributed by atoms with Crippen molar-refractivity contribution in [3.63, 3.8) is 0 Å². The Kier molecular flexibility index (Phi) is 2.16. The summed E-state index contributed by atoms with van der Waals surface area (Å²) in [4.78, 5) is 11.1. The molecule has 1 saturated carbocycles. The molecule has 0 spiro atoms. The van der Waals surface area contributed by atoms with E-state index in [4.69, 9.17) is 4.74 Å². The smallest absolute Gasteiger partial charge is 0.315 e. The highest BCUT2D eigenvalue weighted by Gasteiger charge is 2.61. The van der Waals surface area contributed by atoms with Crippen molar-refractivity contribution >= 4 is 5.97 Å². The Bertz CT molecular complexity index is 165. The van der Waals surface area contributed by atoms with Gasteiger partial charge in [-0.15, -0.1) is 0 Å². The SMILES string of the molecule is CCOC(=O)C1(CC)CC1F. The molecule has 0 amide bonds. The number of rotatable bonds is 3. The third kappa shape index (κ3) is 1.24. The van der Waals surface area contributed by atoms with E-state index in [1.807, 2.05) is 6.92 Å². The molecule has 2 nitrogen and oxygen atoms in total. The first-order chi connectivity index (χ1) is 5.17. The molecule has 0 aromatic rings. The lowest BCUT2D eigenvalue weighted by Crippen LogP contribution is -2.20. The van der Waals surface area contributed by atoms with Gasteiger partial charge in [-0.05, 0) is 19.8 Å². The van der Waals surface area contributed by atoms with Gasteiger partial charge in [-0.25, -0.2) is 4.39 Å². The Morgan fingerprint density at radius 1 is 1.73 bits per heavy atom. The molecule has 0 bridgehead atoms. The van der Waals surface area contributed by atoms with Crippen LogP contribution in [0.1, 0.15) is 26.7 Å². The third-order valence-electron chi connectivity index (χ3n) is 2.30. The number of ether oxygens (including phenoxy) is 1. The molecule has 0 aromatic carbocycles. The first kappa shape index (κ1) is 8.50. The zero-order chi connectivity index (χ0) is 8.48. The van der Waals surface area contributed by atoms with E-state index in [2.05, 4.69) is 0 Å². The lowest BCUT2D eigenvalue weighted by molar-refractivity contribution is -0.150. The monoisotopic (exact) mass is 160 g/mol. The summed E-state index contributed by atoms with van der Waals surface area (Å²) in [6.07, 6.45) is -0.0680. The molecule has 64 valence electrons. The molecule has 3 heteroatoms. The van der Waals surface area contributed by atoms with Gasteiger partial charge in [0.25, 0.3) is 0 Å². The van der Waals surface area contributed by atoms with Crippen LogP contribution < -0.4 is 0 Å². The summed E-state index contributed by atoms with van der Waals surface area (Å²) in [6.45, 7) is 3.89. The molecule has 0 saturated heterocycles. The Hall–Kier alpha value is -0.600. The second-order valence-corrected chi connectivity index (χ2v) is 2.90. The summed E-state index contributed by atoms with van der Waals surface area (Å²) in [7, 11) is 0. The van der Waals surface area contributed by atoms with Gasteiger partial charge in [-0.2, -0.15) is 0 Å². The first-order valence-electron chi connectivity index (χ1n) is 3.98. The molecule has 1 fully saturated rings. The fraction of sp³-hybridized carbons (Fsp3) is 0.875. The highest BCUT2D eigenvalue weighted by atomic mass is 19.1. The summed E-state index contributed by atoms with van der Waals surface area (Å²) in [5.41, 5.74) is -0.768. The fourth-order valence-corrected chi connectivity index (χ4v) is 1.26. The predicted molar refractivity (Wildman–Crippen MR) is 38.9 cm³/mol. The van der Waals surface area contributed by atoms with E-state index in [1.165, 1.54) is 0 Å². The van der Waals surface area contributed by atoms with Crippen molar-refractivity contribution in [2.24, 2.45) is 5.41 Å². The lowest BCUT2D eigenvalue weighted by atomic mass is 10.0. The average molecular weight is 160 g/mol. The van der Waals surface area contributed by atoms with Crippen LogP contribution in [0.4, 0.5) is 4.39 Å². The first-order valence-corrected chi connectivity index (χ1v) is 3.98. The van der Waals surface area contributed by atoms with Crippen LogP contribution in [0.2, 0.25) is 0 Å². The van der Waals surface area contributed by atoms with E-state index in [-0.39, 0.29) is 5.97 Å². The molecular formula is C8H13FO2. The van der Waals surface area contributed by atoms with Crippen molar-refractivity contribution in [2.45, 2.75) is 32.9 Å². The second-order valence-electron chi connectivity index (χ2n) is 2.90. The molecule has 11 heavy (non-hydrogen) atoms. The van der Waals surface area contributed by atoms with Gasteiger partial charge < -0.3 is 4.74 Å². The van der Waals surface area contributed by atoms with E-state index in [0.717, 1.165) is 0 Å². The Balaban J connectivity index is 2.51. The third-order valence-corrected chi connectivity index (χ3v) is 2.30. The minimum Gasteiger partial charge on any atom is -0.465 e. The van der Waals surface area contributed by atoms with Crippen LogP contribution >= 0.6 is 0 Å². The zero-order valence-corrected chi connectivity index (χ0v) is 6.89. The normalized spacial score (nSPS) is 35.0. The van der Waals surface area contributed by atoms with Crippen LogP contribution in [0, 0.1) is 5.41 Å². The van der Waals surface area contributed by atoms with Crippen LogP contribution in [0.3, 0.4) is 0 Å². The zero-order valence-electron chi connectivity index (χ0n) is 6.89. The van der Waals surface area contributed by atoms with E-state index < -0.39 is 11.6 Å². The highest BCUT2D eigenvalue weighted by Crippen LogP contribution is 2.52. The van der Waals surface area contributed by atoms with E-state index >= 15 is 0 Å². The Morgan fingerprint density at radius 3 is 2.55 bits per heavy atom. The molecule has 1 aliphatic rings. The number of hydrogen-bond donors (Lipinski definition) is 0. The number of carbonyl (C=O) groups is 1. The van der Waals surface area contributed by atoms with Crippen molar-refractivity contribution in [3.05, 3.63) is 0 Å². The minimum absolute atomic E-state index is 0.341. The maximum absolute atomic E-state index is 12.7. The van der Waals surface area contributed by atoms with E-state index in [9.17, 15) is 9.18 Å². The van der Waals surface area contributed by atoms with Crippen molar-refractivity contribution < 1.29 is 13.9 Å². The average Bonchev–Trinajstić information content (AvgIpc) is 2.63. The highest BCUT2D eigenvalue weighted by molar-refractivity contribution is 5.81. The lowest BCUT2D eigenvalue weighted by Gasteiger charge is -2.09. The van der Waals surface area contributed by atoms with Gasteiger partial charge in [-0.1, -0.05) is 6.92 Å². The predicted octanol–water partition coefficient (Wildman–Crippen LogP) is 1.69. The minimum atomic E-state index is -0.966. The number of alkyl halides is 1. The Labute approximate surface area is 65.7 Å². The summed E-state index contributed by atoms with van der Waals surface area (Å²) < 4.78 is 17.5. The molecule has 2 atom stereocenters. The van der Waals surface area contributed by atoms with Crippen molar-refractivity contribution in [3.8, 4) is 0 Å². The van der Waals surface area contributed by atoms with Crippen LogP contribution in [-0.4, -0.2) is 18.7 Å². The summed E-state index contributed by atoms with van der Waals surface area (Å²) in [6, 6.07) is 0. The molecule has 0 heterocycles. The van der Waals surface area contributed by atoms with Crippen molar-refractivity contribution in [1.29, 1.82) is 0 Å². The molecule has 0 radical (unpaired) electrons. The number of carbonyl (C=O) groups excluding carboxylic acids is 1. The molecule has 1 aliphatic carbocycles. The van der Waals surface area contributed by atoms with Gasteiger partial charge in [0.1, 0.15) is 11.6 Å². The van der Waals surface area contributed by atoms with Crippen molar-refractivity contribution in [1.82, 2.24) is 0 Å². The topological polar surface area (TPSA) is 26.3 Å². The molecule has 2 unspecified atom stereocenters. The maximum atomic E-state index is 12.7. The van der Waals surface area contributed by atoms with E-state index in [1.54, 1.807) is 6.92 Å². The quantitative estimate of drug-likeness (QED) is 0.587. The summed E-state index contributed by atoms with van der Waals surface area (Å²) in [5.74, 6) is -0.366. The molecule has 0 aromatic heterocycles. The van der Waals surface area contributed by atoms with Gasteiger partial charge in [0.05, 0.1) is 6.61 Å². The Morgan fingerprint density at radius 2 is 2.27 bits per heavy atom. The van der Waals surface area contributed by atoms with Crippen LogP contribution in [-0.2, 0) is 9.53 Å².